The molecule has 2 aromatic rings. The second kappa shape index (κ2) is 8.73. The van der Waals surface area contributed by atoms with Crippen molar-refractivity contribution < 1.29 is 9.13 Å². The number of guanidine groups is 1. The first-order chi connectivity index (χ1) is 11.2. The highest BCUT2D eigenvalue weighted by molar-refractivity contribution is 5.79. The second-order valence-corrected chi connectivity index (χ2v) is 4.99. The predicted octanol–water partition coefficient (Wildman–Crippen LogP) is 2.31. The molecule has 1 aromatic heterocycles. The summed E-state index contributed by atoms with van der Waals surface area (Å²) in [4.78, 5) is 10.2. The van der Waals surface area contributed by atoms with Gasteiger partial charge in [-0.15, -0.1) is 0 Å². The molecule has 5 nitrogen and oxygen atoms in total. The van der Waals surface area contributed by atoms with E-state index in [9.17, 15) is 4.39 Å². The number of aliphatic imine (C=N–C) groups is 1. The predicted molar refractivity (Wildman–Crippen MR) is 89.0 cm³/mol. The maximum absolute atomic E-state index is 12.9. The summed E-state index contributed by atoms with van der Waals surface area (Å²) in [6.45, 7) is 1.77. The highest BCUT2D eigenvalue weighted by Crippen LogP contribution is 2.06. The van der Waals surface area contributed by atoms with Gasteiger partial charge < -0.3 is 15.0 Å². The van der Waals surface area contributed by atoms with Crippen molar-refractivity contribution in [3.05, 3.63) is 60.2 Å². The molecule has 2 rings (SSSR count). The summed E-state index contributed by atoms with van der Waals surface area (Å²) in [5.74, 6) is 1.26. The van der Waals surface area contributed by atoms with Crippen LogP contribution in [-0.4, -0.2) is 43.1 Å². The van der Waals surface area contributed by atoms with Crippen LogP contribution < -0.4 is 10.1 Å². The number of ether oxygens (including phenoxy) is 1. The van der Waals surface area contributed by atoms with Gasteiger partial charge in [-0.1, -0.05) is 12.1 Å². The van der Waals surface area contributed by atoms with E-state index in [4.69, 9.17) is 4.74 Å². The van der Waals surface area contributed by atoms with Crippen LogP contribution in [-0.2, 0) is 6.54 Å². The molecule has 1 N–H and O–H groups in total. The fourth-order valence-electron chi connectivity index (χ4n) is 2.09. The molecule has 0 atom stereocenters. The van der Waals surface area contributed by atoms with Gasteiger partial charge in [0.2, 0.25) is 0 Å². The zero-order chi connectivity index (χ0) is 16.5. The summed E-state index contributed by atoms with van der Waals surface area (Å²) in [5, 5.41) is 3.23. The normalized spacial score (nSPS) is 11.2. The SMILES string of the molecule is CN=C(NCCOc1cccnc1)N(C)Cc1ccc(F)cc1. The standard InChI is InChI=1S/C17H21FN4O/c1-19-17(21-10-11-23-16-4-3-9-20-12-16)22(2)13-14-5-7-15(18)8-6-14/h3-9,12H,10-11,13H2,1-2H3,(H,19,21). The molecule has 0 radical (unpaired) electrons. The molecule has 23 heavy (non-hydrogen) atoms. The number of hydrogen-bond donors (Lipinski definition) is 1. The molecule has 0 amide bonds. The minimum Gasteiger partial charge on any atom is -0.490 e. The van der Waals surface area contributed by atoms with E-state index in [-0.39, 0.29) is 5.82 Å². The van der Waals surface area contributed by atoms with Crippen molar-refractivity contribution in [2.75, 3.05) is 27.2 Å². The lowest BCUT2D eigenvalue weighted by molar-refractivity contribution is 0.318. The summed E-state index contributed by atoms with van der Waals surface area (Å²) in [6, 6.07) is 10.2. The summed E-state index contributed by atoms with van der Waals surface area (Å²) >= 11 is 0. The Morgan fingerprint density at radius 3 is 2.74 bits per heavy atom. The monoisotopic (exact) mass is 316 g/mol. The maximum atomic E-state index is 12.9. The Kier molecular flexibility index (Phi) is 6.35. The third-order valence-electron chi connectivity index (χ3n) is 3.19. The van der Waals surface area contributed by atoms with Crippen LogP contribution in [0.5, 0.6) is 5.75 Å². The first-order valence-corrected chi connectivity index (χ1v) is 7.38. The van der Waals surface area contributed by atoms with E-state index in [0.29, 0.717) is 19.7 Å². The topological polar surface area (TPSA) is 49.8 Å². The molecule has 0 saturated heterocycles. The molecule has 1 aromatic carbocycles. The van der Waals surface area contributed by atoms with Crippen LogP contribution in [0.1, 0.15) is 5.56 Å². The van der Waals surface area contributed by atoms with Gasteiger partial charge in [0.1, 0.15) is 18.2 Å². The van der Waals surface area contributed by atoms with Crippen molar-refractivity contribution in [3.8, 4) is 5.75 Å². The van der Waals surface area contributed by atoms with E-state index in [2.05, 4.69) is 15.3 Å². The number of hydrogen-bond acceptors (Lipinski definition) is 3. The second-order valence-electron chi connectivity index (χ2n) is 4.99. The zero-order valence-corrected chi connectivity index (χ0v) is 13.4. The van der Waals surface area contributed by atoms with Crippen molar-refractivity contribution in [1.29, 1.82) is 0 Å². The summed E-state index contributed by atoms with van der Waals surface area (Å²) in [6.07, 6.45) is 3.38. The van der Waals surface area contributed by atoms with Crippen molar-refractivity contribution in [1.82, 2.24) is 15.2 Å². The molecule has 1 heterocycles. The molecule has 6 heteroatoms. The third kappa shape index (κ3) is 5.58. The molecule has 0 bridgehead atoms. The number of benzene rings is 1. The van der Waals surface area contributed by atoms with E-state index < -0.39 is 0 Å². The lowest BCUT2D eigenvalue weighted by Gasteiger charge is -2.22. The van der Waals surface area contributed by atoms with Crippen LogP contribution in [0.2, 0.25) is 0 Å². The molecule has 0 saturated carbocycles. The zero-order valence-electron chi connectivity index (χ0n) is 13.4. The average Bonchev–Trinajstić information content (AvgIpc) is 2.58. The van der Waals surface area contributed by atoms with Crippen LogP contribution in [0.25, 0.3) is 0 Å². The number of rotatable bonds is 6. The number of halogens is 1. The summed E-state index contributed by atoms with van der Waals surface area (Å²) in [5.41, 5.74) is 1.02. The number of aromatic nitrogens is 1. The first-order valence-electron chi connectivity index (χ1n) is 7.38. The summed E-state index contributed by atoms with van der Waals surface area (Å²) < 4.78 is 18.5. The quantitative estimate of drug-likeness (QED) is 0.505. The number of nitrogens with one attached hydrogen (secondary N) is 1. The third-order valence-corrected chi connectivity index (χ3v) is 3.19. The van der Waals surface area contributed by atoms with Crippen LogP contribution in [0.3, 0.4) is 0 Å². The van der Waals surface area contributed by atoms with E-state index >= 15 is 0 Å². The maximum Gasteiger partial charge on any atom is 0.193 e. The first kappa shape index (κ1) is 16.7. The van der Waals surface area contributed by atoms with Crippen LogP contribution >= 0.6 is 0 Å². The summed E-state index contributed by atoms with van der Waals surface area (Å²) in [7, 11) is 3.66. The lowest BCUT2D eigenvalue weighted by Crippen LogP contribution is -2.40. The van der Waals surface area contributed by atoms with Gasteiger partial charge in [0.05, 0.1) is 12.7 Å². The Bertz CT molecular complexity index is 616. The van der Waals surface area contributed by atoms with Crippen LogP contribution in [0.15, 0.2) is 53.8 Å². The number of nitrogens with zero attached hydrogens (tertiary/aromatic N) is 3. The Morgan fingerprint density at radius 2 is 2.09 bits per heavy atom. The minimum absolute atomic E-state index is 0.230. The molecule has 0 aliphatic rings. The van der Waals surface area contributed by atoms with E-state index in [1.165, 1.54) is 12.1 Å². The molecule has 122 valence electrons. The van der Waals surface area contributed by atoms with Gasteiger partial charge in [0.15, 0.2) is 5.96 Å². The number of pyridine rings is 1. The highest BCUT2D eigenvalue weighted by Gasteiger charge is 2.06. The lowest BCUT2D eigenvalue weighted by atomic mass is 10.2. The average molecular weight is 316 g/mol. The Balaban J connectivity index is 1.76. The highest BCUT2D eigenvalue weighted by atomic mass is 19.1. The molecule has 0 aliphatic heterocycles. The van der Waals surface area contributed by atoms with Gasteiger partial charge in [-0.25, -0.2) is 4.39 Å². The molecule has 0 aliphatic carbocycles. The van der Waals surface area contributed by atoms with Crippen molar-refractivity contribution >= 4 is 5.96 Å². The van der Waals surface area contributed by atoms with E-state index in [1.807, 2.05) is 24.1 Å². The van der Waals surface area contributed by atoms with E-state index in [0.717, 1.165) is 17.3 Å². The van der Waals surface area contributed by atoms with Gasteiger partial charge in [0, 0.05) is 26.8 Å². The van der Waals surface area contributed by atoms with Crippen molar-refractivity contribution in [2.45, 2.75) is 6.54 Å². The van der Waals surface area contributed by atoms with Gasteiger partial charge >= 0.3 is 0 Å². The molecular formula is C17H21FN4O. The van der Waals surface area contributed by atoms with Crippen molar-refractivity contribution in [2.24, 2.45) is 4.99 Å². The van der Waals surface area contributed by atoms with Gasteiger partial charge in [-0.3, -0.25) is 9.98 Å². The van der Waals surface area contributed by atoms with Gasteiger partial charge in [-0.05, 0) is 29.8 Å². The fraction of sp³-hybridized carbons (Fsp3) is 0.294. The smallest absolute Gasteiger partial charge is 0.193 e. The van der Waals surface area contributed by atoms with Gasteiger partial charge in [0.25, 0.3) is 0 Å². The van der Waals surface area contributed by atoms with Crippen LogP contribution in [0.4, 0.5) is 4.39 Å². The molecule has 0 fully saturated rings. The molecule has 0 spiro atoms. The molecule has 0 unspecified atom stereocenters. The Labute approximate surface area is 135 Å². The van der Waals surface area contributed by atoms with Crippen LogP contribution in [0, 0.1) is 5.82 Å². The fourth-order valence-corrected chi connectivity index (χ4v) is 2.09. The Morgan fingerprint density at radius 1 is 1.30 bits per heavy atom. The van der Waals surface area contributed by atoms with Gasteiger partial charge in [-0.2, -0.15) is 0 Å². The largest absolute Gasteiger partial charge is 0.490 e. The van der Waals surface area contributed by atoms with E-state index in [1.54, 1.807) is 31.6 Å². The minimum atomic E-state index is -0.230. The molecular weight excluding hydrogens is 295 g/mol. The van der Waals surface area contributed by atoms with Crippen molar-refractivity contribution in [3.63, 3.8) is 0 Å². The Hall–Kier alpha value is -2.63.